The van der Waals surface area contributed by atoms with E-state index in [-0.39, 0.29) is 32.6 Å². The maximum atomic E-state index is 11.9. The fourth-order valence-corrected chi connectivity index (χ4v) is 1.83. The number of hydrogen-bond donors (Lipinski definition) is 2. The van der Waals surface area contributed by atoms with Gasteiger partial charge < -0.3 is 15.6 Å². The second kappa shape index (κ2) is 7.61. The lowest BCUT2D eigenvalue weighted by Crippen LogP contribution is -2.36. The second-order valence-electron chi connectivity index (χ2n) is 4.68. The number of alkyl halides is 3. The molecule has 0 radical (unpaired) electrons. The Labute approximate surface area is 116 Å². The van der Waals surface area contributed by atoms with E-state index < -0.39 is 18.2 Å². The van der Waals surface area contributed by atoms with E-state index in [2.05, 4.69) is 0 Å². The monoisotopic (exact) mass is 291 g/mol. The molecule has 0 aromatic heterocycles. The Morgan fingerprint density at radius 1 is 1.05 bits per heavy atom. The fraction of sp³-hybridized carbons (Fsp3) is 0.571. The first-order chi connectivity index (χ1) is 9.37. The van der Waals surface area contributed by atoms with Gasteiger partial charge in [-0.15, -0.1) is 0 Å². The third-order valence-corrected chi connectivity index (χ3v) is 3.06. The number of rotatable bonds is 8. The van der Waals surface area contributed by atoms with Crippen molar-refractivity contribution in [2.75, 3.05) is 19.8 Å². The average molecular weight is 291 g/mol. The molecule has 0 aliphatic heterocycles. The maximum Gasteiger partial charge on any atom is 0.389 e. The minimum absolute atomic E-state index is 0.0228. The van der Waals surface area contributed by atoms with E-state index in [1.807, 2.05) is 6.07 Å². The van der Waals surface area contributed by atoms with Crippen LogP contribution in [0, 0.1) is 0 Å². The van der Waals surface area contributed by atoms with Crippen molar-refractivity contribution in [3.8, 4) is 0 Å². The average Bonchev–Trinajstić information content (AvgIpc) is 2.42. The summed E-state index contributed by atoms with van der Waals surface area (Å²) >= 11 is 0. The van der Waals surface area contributed by atoms with Crippen molar-refractivity contribution < 1.29 is 23.0 Å². The van der Waals surface area contributed by atoms with Crippen LogP contribution in [0.3, 0.4) is 0 Å². The Kier molecular flexibility index (Phi) is 6.45. The number of halogens is 3. The lowest BCUT2D eigenvalue weighted by molar-refractivity contribution is -0.138. The predicted octanol–water partition coefficient (Wildman–Crippen LogP) is 2.58. The molecule has 1 aromatic rings. The molecule has 3 N–H and O–H groups in total. The van der Waals surface area contributed by atoms with Crippen LogP contribution in [0.5, 0.6) is 0 Å². The highest BCUT2D eigenvalue weighted by molar-refractivity contribution is 5.22. The standard InChI is InChI=1S/C14H20F3NO2/c15-14(16,17)7-4-9-20-10-8-13(19,11-18)12-5-2-1-3-6-12/h1-3,5-6,19H,4,7-11,18H2. The number of aliphatic hydroxyl groups is 1. The van der Waals surface area contributed by atoms with Crippen LogP contribution in [0.15, 0.2) is 30.3 Å². The zero-order valence-electron chi connectivity index (χ0n) is 11.2. The first kappa shape index (κ1) is 16.9. The van der Waals surface area contributed by atoms with Crippen LogP contribution in [0.2, 0.25) is 0 Å². The van der Waals surface area contributed by atoms with Gasteiger partial charge >= 0.3 is 6.18 Å². The molecule has 0 fully saturated rings. The zero-order valence-corrected chi connectivity index (χ0v) is 11.2. The fourth-order valence-electron chi connectivity index (χ4n) is 1.83. The molecule has 0 bridgehead atoms. The molecule has 3 nitrogen and oxygen atoms in total. The molecule has 1 rings (SSSR count). The van der Waals surface area contributed by atoms with Crippen LogP contribution in [0.4, 0.5) is 13.2 Å². The van der Waals surface area contributed by atoms with Crippen molar-refractivity contribution in [2.24, 2.45) is 5.73 Å². The van der Waals surface area contributed by atoms with Crippen LogP contribution in [-0.4, -0.2) is 31.0 Å². The van der Waals surface area contributed by atoms with Gasteiger partial charge in [0.05, 0.1) is 0 Å². The summed E-state index contributed by atoms with van der Waals surface area (Å²) in [5, 5.41) is 10.4. The molecule has 1 atom stereocenters. The Morgan fingerprint density at radius 2 is 1.70 bits per heavy atom. The second-order valence-corrected chi connectivity index (χ2v) is 4.68. The van der Waals surface area contributed by atoms with Crippen LogP contribution in [0.1, 0.15) is 24.8 Å². The molecular weight excluding hydrogens is 271 g/mol. The highest BCUT2D eigenvalue weighted by Crippen LogP contribution is 2.24. The SMILES string of the molecule is NCC(O)(CCOCCCC(F)(F)F)c1ccccc1. The van der Waals surface area contributed by atoms with Crippen molar-refractivity contribution >= 4 is 0 Å². The molecule has 0 amide bonds. The van der Waals surface area contributed by atoms with Crippen LogP contribution in [-0.2, 0) is 10.3 Å². The lowest BCUT2D eigenvalue weighted by atomic mass is 9.91. The Morgan fingerprint density at radius 3 is 2.25 bits per heavy atom. The molecule has 114 valence electrons. The smallest absolute Gasteiger partial charge is 0.384 e. The van der Waals surface area contributed by atoms with E-state index in [0.29, 0.717) is 5.56 Å². The summed E-state index contributed by atoms with van der Waals surface area (Å²) in [6, 6.07) is 8.93. The van der Waals surface area contributed by atoms with Crippen molar-refractivity contribution in [3.63, 3.8) is 0 Å². The van der Waals surface area contributed by atoms with E-state index in [4.69, 9.17) is 10.5 Å². The van der Waals surface area contributed by atoms with E-state index in [9.17, 15) is 18.3 Å². The highest BCUT2D eigenvalue weighted by Gasteiger charge is 2.28. The third-order valence-electron chi connectivity index (χ3n) is 3.06. The zero-order chi connectivity index (χ0) is 15.1. The molecular formula is C14H20F3NO2. The van der Waals surface area contributed by atoms with Crippen LogP contribution in [0.25, 0.3) is 0 Å². The first-order valence-corrected chi connectivity index (χ1v) is 6.50. The number of benzene rings is 1. The van der Waals surface area contributed by atoms with E-state index in [0.717, 1.165) is 0 Å². The topological polar surface area (TPSA) is 55.5 Å². The highest BCUT2D eigenvalue weighted by atomic mass is 19.4. The van der Waals surface area contributed by atoms with Crippen LogP contribution >= 0.6 is 0 Å². The maximum absolute atomic E-state index is 11.9. The van der Waals surface area contributed by atoms with Gasteiger partial charge in [-0.2, -0.15) is 13.2 Å². The van der Waals surface area contributed by atoms with Crippen LogP contribution < -0.4 is 5.73 Å². The van der Waals surface area contributed by atoms with Crippen molar-refractivity contribution in [1.82, 2.24) is 0 Å². The van der Waals surface area contributed by atoms with Gasteiger partial charge in [-0.05, 0) is 12.0 Å². The number of nitrogens with two attached hydrogens (primary N) is 1. The van der Waals surface area contributed by atoms with Gasteiger partial charge in [-0.25, -0.2) is 0 Å². The molecule has 0 aliphatic rings. The molecule has 0 heterocycles. The lowest BCUT2D eigenvalue weighted by Gasteiger charge is -2.27. The largest absolute Gasteiger partial charge is 0.389 e. The first-order valence-electron chi connectivity index (χ1n) is 6.50. The summed E-state index contributed by atoms with van der Waals surface area (Å²) in [6.45, 7) is 0.221. The molecule has 20 heavy (non-hydrogen) atoms. The number of ether oxygens (including phenoxy) is 1. The minimum Gasteiger partial charge on any atom is -0.384 e. The van der Waals surface area contributed by atoms with E-state index >= 15 is 0 Å². The summed E-state index contributed by atoms with van der Waals surface area (Å²) in [5.74, 6) is 0. The van der Waals surface area contributed by atoms with Gasteiger partial charge in [0.1, 0.15) is 5.60 Å². The molecule has 0 saturated heterocycles. The molecule has 0 aliphatic carbocycles. The summed E-state index contributed by atoms with van der Waals surface area (Å²) in [4.78, 5) is 0. The summed E-state index contributed by atoms with van der Waals surface area (Å²) in [5.41, 5.74) is 5.06. The molecule has 1 unspecified atom stereocenters. The molecule has 6 heteroatoms. The van der Waals surface area contributed by atoms with Crippen molar-refractivity contribution in [2.45, 2.75) is 31.0 Å². The summed E-state index contributed by atoms with van der Waals surface area (Å²) < 4.78 is 40.9. The van der Waals surface area contributed by atoms with Gasteiger partial charge in [-0.3, -0.25) is 0 Å². The van der Waals surface area contributed by atoms with Crippen molar-refractivity contribution in [1.29, 1.82) is 0 Å². The Balaban J connectivity index is 2.32. The van der Waals surface area contributed by atoms with Gasteiger partial charge in [0, 0.05) is 32.6 Å². The molecule has 0 spiro atoms. The summed E-state index contributed by atoms with van der Waals surface area (Å²) in [6.07, 6.45) is -4.83. The number of hydrogen-bond acceptors (Lipinski definition) is 3. The van der Waals surface area contributed by atoms with Gasteiger partial charge in [0.2, 0.25) is 0 Å². The molecule has 0 saturated carbocycles. The Bertz CT molecular complexity index is 384. The van der Waals surface area contributed by atoms with Crippen molar-refractivity contribution in [3.05, 3.63) is 35.9 Å². The predicted molar refractivity (Wildman–Crippen MR) is 70.1 cm³/mol. The third kappa shape index (κ3) is 5.90. The molecule has 1 aromatic carbocycles. The summed E-state index contributed by atoms with van der Waals surface area (Å²) in [7, 11) is 0. The van der Waals surface area contributed by atoms with Gasteiger partial charge in [0.25, 0.3) is 0 Å². The van der Waals surface area contributed by atoms with Gasteiger partial charge in [-0.1, -0.05) is 30.3 Å². The Hall–Kier alpha value is -1.11. The normalized spacial score (nSPS) is 15.1. The quantitative estimate of drug-likeness (QED) is 0.724. The van der Waals surface area contributed by atoms with E-state index in [1.165, 1.54) is 0 Å². The minimum atomic E-state index is -4.15. The van der Waals surface area contributed by atoms with E-state index in [1.54, 1.807) is 24.3 Å². The van der Waals surface area contributed by atoms with Gasteiger partial charge in [0.15, 0.2) is 0 Å².